The van der Waals surface area contributed by atoms with Crippen LogP contribution in [0, 0.1) is 0 Å². The van der Waals surface area contributed by atoms with Crippen LogP contribution in [0.3, 0.4) is 0 Å². The Hall–Kier alpha value is -3.15. The average Bonchev–Trinajstić information content (AvgIpc) is 2.82. The molecular weight excluding hydrogens is 404 g/mol. The zero-order valence-corrected chi connectivity index (χ0v) is 18.7. The fourth-order valence-corrected chi connectivity index (χ4v) is 4.02. The number of benzene rings is 1. The second kappa shape index (κ2) is 12.6. The molecule has 2 aromatic rings. The van der Waals surface area contributed by atoms with Crippen molar-refractivity contribution in [1.82, 2.24) is 4.98 Å². The number of ether oxygens (including phenoxy) is 1. The third-order valence-electron chi connectivity index (χ3n) is 5.59. The van der Waals surface area contributed by atoms with E-state index >= 15 is 0 Å². The summed E-state index contributed by atoms with van der Waals surface area (Å²) in [5.41, 5.74) is 4.25. The van der Waals surface area contributed by atoms with Gasteiger partial charge in [-0.25, -0.2) is 4.79 Å². The van der Waals surface area contributed by atoms with Gasteiger partial charge in [-0.1, -0.05) is 43.1 Å². The van der Waals surface area contributed by atoms with E-state index in [0.29, 0.717) is 12.4 Å². The maximum atomic E-state index is 10.9. The standard InChI is InChI=1S/C26H32N2O4/c1-2-3-4-14-24(21-10-7-16-27-18-21)28-32-17-8-11-20-9-5-13-23-22(20)12-6-15-25(23)31-19-26(29)30/h6-8,10-12,15-16,18,20H,2-5,9,13-14,17,19H2,1H3,(H,29,30). The van der Waals surface area contributed by atoms with E-state index in [1.807, 2.05) is 36.5 Å². The number of pyridine rings is 1. The van der Waals surface area contributed by atoms with Crippen molar-refractivity contribution >= 4 is 11.7 Å². The number of fused-ring (bicyclic) bond motifs is 1. The van der Waals surface area contributed by atoms with E-state index in [1.165, 1.54) is 12.0 Å². The van der Waals surface area contributed by atoms with E-state index in [-0.39, 0.29) is 12.5 Å². The van der Waals surface area contributed by atoms with Crippen molar-refractivity contribution in [3.8, 4) is 5.75 Å². The van der Waals surface area contributed by atoms with Crippen molar-refractivity contribution in [3.05, 3.63) is 71.6 Å². The molecule has 170 valence electrons. The smallest absolute Gasteiger partial charge is 0.341 e. The molecule has 3 rings (SSSR count). The van der Waals surface area contributed by atoms with Gasteiger partial charge in [-0.3, -0.25) is 4.98 Å². The van der Waals surface area contributed by atoms with E-state index in [9.17, 15) is 4.79 Å². The molecule has 0 saturated carbocycles. The highest BCUT2D eigenvalue weighted by Crippen LogP contribution is 2.37. The summed E-state index contributed by atoms with van der Waals surface area (Å²) >= 11 is 0. The van der Waals surface area contributed by atoms with E-state index in [2.05, 4.69) is 29.2 Å². The summed E-state index contributed by atoms with van der Waals surface area (Å²) in [5.74, 6) is -0.0213. The SMILES string of the molecule is CCCCCC(=NOCC=CC1CCCc2c(OCC(=O)O)cccc21)c1cccnc1. The van der Waals surface area contributed by atoms with Crippen LogP contribution in [0.5, 0.6) is 5.75 Å². The van der Waals surface area contributed by atoms with E-state index in [4.69, 9.17) is 14.7 Å². The minimum absolute atomic E-state index is 0.266. The summed E-state index contributed by atoms with van der Waals surface area (Å²) in [6.45, 7) is 2.27. The number of oxime groups is 1. The van der Waals surface area contributed by atoms with Crippen molar-refractivity contribution in [3.63, 3.8) is 0 Å². The molecule has 6 heteroatoms. The lowest BCUT2D eigenvalue weighted by molar-refractivity contribution is -0.139. The Balaban J connectivity index is 1.61. The Morgan fingerprint density at radius 2 is 2.19 bits per heavy atom. The predicted octanol–water partition coefficient (Wildman–Crippen LogP) is 5.52. The van der Waals surface area contributed by atoms with Gasteiger partial charge in [-0.2, -0.15) is 0 Å². The normalized spacial score (nSPS) is 16.0. The van der Waals surface area contributed by atoms with Gasteiger partial charge < -0.3 is 14.7 Å². The Morgan fingerprint density at radius 3 is 2.97 bits per heavy atom. The van der Waals surface area contributed by atoms with E-state index in [0.717, 1.165) is 55.4 Å². The van der Waals surface area contributed by atoms with Gasteiger partial charge in [0, 0.05) is 23.9 Å². The first-order valence-corrected chi connectivity index (χ1v) is 11.4. The van der Waals surface area contributed by atoms with Crippen molar-refractivity contribution in [2.24, 2.45) is 5.16 Å². The van der Waals surface area contributed by atoms with Crippen LogP contribution in [0.1, 0.15) is 68.1 Å². The summed E-state index contributed by atoms with van der Waals surface area (Å²) in [5, 5.41) is 13.3. The van der Waals surface area contributed by atoms with Crippen molar-refractivity contribution in [2.75, 3.05) is 13.2 Å². The number of carbonyl (C=O) groups is 1. The lowest BCUT2D eigenvalue weighted by Crippen LogP contribution is -2.14. The highest BCUT2D eigenvalue weighted by atomic mass is 16.6. The molecule has 1 atom stereocenters. The summed E-state index contributed by atoms with van der Waals surface area (Å²) in [4.78, 5) is 20.7. The molecule has 1 heterocycles. The molecule has 1 aliphatic carbocycles. The van der Waals surface area contributed by atoms with Crippen LogP contribution in [0.2, 0.25) is 0 Å². The van der Waals surface area contributed by atoms with Gasteiger partial charge in [0.25, 0.3) is 0 Å². The third kappa shape index (κ3) is 6.94. The van der Waals surface area contributed by atoms with Gasteiger partial charge in [0.2, 0.25) is 0 Å². The molecule has 0 bridgehead atoms. The van der Waals surface area contributed by atoms with E-state index in [1.54, 1.807) is 6.20 Å². The molecule has 1 aromatic heterocycles. The Morgan fingerprint density at radius 1 is 1.28 bits per heavy atom. The molecule has 0 saturated heterocycles. The lowest BCUT2D eigenvalue weighted by Gasteiger charge is -2.25. The molecule has 0 fully saturated rings. The number of hydrogen-bond acceptors (Lipinski definition) is 5. The van der Waals surface area contributed by atoms with Gasteiger partial charge in [-0.05, 0) is 67.5 Å². The predicted molar refractivity (Wildman–Crippen MR) is 125 cm³/mol. The maximum Gasteiger partial charge on any atom is 0.341 e. The number of allylic oxidation sites excluding steroid dienone is 1. The molecule has 1 N–H and O–H groups in total. The first kappa shape index (κ1) is 23.5. The number of unbranched alkanes of at least 4 members (excludes halogenated alkanes) is 2. The van der Waals surface area contributed by atoms with Crippen LogP contribution >= 0.6 is 0 Å². The Bertz CT molecular complexity index is 925. The van der Waals surface area contributed by atoms with Crippen LogP contribution < -0.4 is 4.74 Å². The number of aromatic nitrogens is 1. The van der Waals surface area contributed by atoms with Crippen LogP contribution in [0.25, 0.3) is 0 Å². The number of carboxylic acids is 1. The first-order valence-electron chi connectivity index (χ1n) is 11.4. The molecule has 0 amide bonds. The molecule has 6 nitrogen and oxygen atoms in total. The molecule has 0 radical (unpaired) electrons. The van der Waals surface area contributed by atoms with Gasteiger partial charge in [-0.15, -0.1) is 0 Å². The molecule has 0 aliphatic heterocycles. The van der Waals surface area contributed by atoms with Crippen LogP contribution in [0.4, 0.5) is 0 Å². The summed E-state index contributed by atoms with van der Waals surface area (Å²) in [6.07, 6.45) is 15.0. The van der Waals surface area contributed by atoms with Gasteiger partial charge in [0.05, 0.1) is 5.71 Å². The number of carboxylic acid groups (broad SMARTS) is 1. The van der Waals surface area contributed by atoms with Crippen LogP contribution in [-0.4, -0.2) is 35.0 Å². The average molecular weight is 437 g/mol. The van der Waals surface area contributed by atoms with Crippen LogP contribution in [0.15, 0.2) is 60.0 Å². The number of hydrogen-bond donors (Lipinski definition) is 1. The van der Waals surface area contributed by atoms with Crippen molar-refractivity contribution < 1.29 is 19.5 Å². The second-order valence-corrected chi connectivity index (χ2v) is 7.97. The van der Waals surface area contributed by atoms with E-state index < -0.39 is 5.97 Å². The highest BCUT2D eigenvalue weighted by Gasteiger charge is 2.21. The Labute approximate surface area is 190 Å². The minimum atomic E-state index is -0.965. The van der Waals surface area contributed by atoms with Crippen molar-refractivity contribution in [2.45, 2.75) is 57.8 Å². The number of nitrogens with zero attached hydrogens (tertiary/aromatic N) is 2. The quantitative estimate of drug-likeness (QED) is 0.205. The summed E-state index contributed by atoms with van der Waals surface area (Å²) in [6, 6.07) is 9.81. The highest BCUT2D eigenvalue weighted by molar-refractivity contribution is 5.99. The van der Waals surface area contributed by atoms with Crippen molar-refractivity contribution in [1.29, 1.82) is 0 Å². The number of rotatable bonds is 12. The van der Waals surface area contributed by atoms with Gasteiger partial charge >= 0.3 is 5.97 Å². The molecule has 0 spiro atoms. The summed E-state index contributed by atoms with van der Waals surface area (Å²) in [7, 11) is 0. The second-order valence-electron chi connectivity index (χ2n) is 7.97. The summed E-state index contributed by atoms with van der Waals surface area (Å²) < 4.78 is 5.49. The maximum absolute atomic E-state index is 10.9. The molecule has 1 aliphatic rings. The first-order chi connectivity index (χ1) is 15.7. The third-order valence-corrected chi connectivity index (χ3v) is 5.59. The zero-order valence-electron chi connectivity index (χ0n) is 18.7. The molecule has 1 aromatic carbocycles. The zero-order chi connectivity index (χ0) is 22.6. The molecular formula is C26H32N2O4. The number of aliphatic carboxylic acids is 1. The largest absolute Gasteiger partial charge is 0.482 e. The fourth-order valence-electron chi connectivity index (χ4n) is 4.02. The Kier molecular flexibility index (Phi) is 9.29. The topological polar surface area (TPSA) is 81.0 Å². The van der Waals surface area contributed by atoms with Gasteiger partial charge in [0.15, 0.2) is 6.61 Å². The molecule has 1 unspecified atom stereocenters. The lowest BCUT2D eigenvalue weighted by atomic mass is 9.82. The fraction of sp³-hybridized carbons (Fsp3) is 0.423. The van der Waals surface area contributed by atoms with Crippen LogP contribution in [-0.2, 0) is 16.1 Å². The molecule has 32 heavy (non-hydrogen) atoms. The minimum Gasteiger partial charge on any atom is -0.482 e. The monoisotopic (exact) mass is 436 g/mol. The van der Waals surface area contributed by atoms with Gasteiger partial charge in [0.1, 0.15) is 12.4 Å².